The Morgan fingerprint density at radius 1 is 1.28 bits per heavy atom. The van der Waals surface area contributed by atoms with E-state index in [1.165, 1.54) is 20.3 Å². The van der Waals surface area contributed by atoms with Crippen LogP contribution >= 0.6 is 0 Å². The molecule has 2 heterocycles. The van der Waals surface area contributed by atoms with Crippen molar-refractivity contribution in [3.05, 3.63) is 52.6 Å². The number of nitrogens with one attached hydrogen (secondary N) is 1. The molecule has 8 heteroatoms. The SMILES string of the molecule is COc1cc(O)c([C@H](CC(=O)N2CCO[C@@H](C)C2)c2ccc3c(c2)CNC3=O)c(OC)c1. The Morgan fingerprint density at radius 3 is 2.81 bits per heavy atom. The highest BCUT2D eigenvalue weighted by Gasteiger charge is 2.31. The minimum Gasteiger partial charge on any atom is -0.507 e. The van der Waals surface area contributed by atoms with E-state index in [-0.39, 0.29) is 30.1 Å². The summed E-state index contributed by atoms with van der Waals surface area (Å²) < 4.78 is 16.4. The van der Waals surface area contributed by atoms with Crippen LogP contribution in [0.5, 0.6) is 17.2 Å². The Morgan fingerprint density at radius 2 is 2.09 bits per heavy atom. The van der Waals surface area contributed by atoms with Crippen molar-refractivity contribution in [2.75, 3.05) is 33.9 Å². The van der Waals surface area contributed by atoms with Crippen LogP contribution in [-0.4, -0.2) is 61.8 Å². The first-order chi connectivity index (χ1) is 15.4. The van der Waals surface area contributed by atoms with Crippen LogP contribution in [0.3, 0.4) is 0 Å². The molecule has 2 aliphatic rings. The van der Waals surface area contributed by atoms with E-state index in [4.69, 9.17) is 14.2 Å². The summed E-state index contributed by atoms with van der Waals surface area (Å²) in [7, 11) is 3.03. The number of hydrogen-bond donors (Lipinski definition) is 2. The number of phenolic OH excluding ortho intramolecular Hbond substituents is 1. The maximum absolute atomic E-state index is 13.3. The third-order valence-corrected chi connectivity index (χ3v) is 6.09. The van der Waals surface area contributed by atoms with Gasteiger partial charge in [-0.1, -0.05) is 12.1 Å². The second-order valence-corrected chi connectivity index (χ2v) is 8.14. The lowest BCUT2D eigenvalue weighted by molar-refractivity contribution is -0.138. The number of rotatable bonds is 6. The number of nitrogens with zero attached hydrogens (tertiary/aromatic N) is 1. The average molecular weight is 440 g/mol. The Balaban J connectivity index is 1.76. The predicted molar refractivity (Wildman–Crippen MR) is 117 cm³/mol. The van der Waals surface area contributed by atoms with Gasteiger partial charge in [0.15, 0.2) is 0 Å². The maximum atomic E-state index is 13.3. The molecule has 170 valence electrons. The number of carbonyl (C=O) groups is 2. The van der Waals surface area contributed by atoms with E-state index in [0.29, 0.717) is 48.9 Å². The zero-order chi connectivity index (χ0) is 22.8. The maximum Gasteiger partial charge on any atom is 0.251 e. The van der Waals surface area contributed by atoms with E-state index in [1.54, 1.807) is 17.0 Å². The summed E-state index contributed by atoms with van der Waals surface area (Å²) in [6.45, 7) is 3.95. The molecule has 2 atom stereocenters. The van der Waals surface area contributed by atoms with Crippen LogP contribution in [0.1, 0.15) is 46.3 Å². The third kappa shape index (κ3) is 4.23. The molecule has 2 aromatic carbocycles. The van der Waals surface area contributed by atoms with Gasteiger partial charge in [-0.05, 0) is 24.1 Å². The van der Waals surface area contributed by atoms with Crippen LogP contribution in [0.15, 0.2) is 30.3 Å². The quantitative estimate of drug-likeness (QED) is 0.716. The summed E-state index contributed by atoms with van der Waals surface area (Å²) in [4.78, 5) is 27.1. The zero-order valence-electron chi connectivity index (χ0n) is 18.5. The van der Waals surface area contributed by atoms with Gasteiger partial charge in [0.1, 0.15) is 17.2 Å². The lowest BCUT2D eigenvalue weighted by Gasteiger charge is -2.32. The molecule has 2 aliphatic heterocycles. The number of amides is 2. The summed E-state index contributed by atoms with van der Waals surface area (Å²) >= 11 is 0. The molecule has 0 unspecified atom stereocenters. The summed E-state index contributed by atoms with van der Waals surface area (Å²) in [5, 5.41) is 13.7. The van der Waals surface area contributed by atoms with Gasteiger partial charge in [0, 0.05) is 55.2 Å². The number of benzene rings is 2. The normalized spacial score (nSPS) is 18.7. The summed E-state index contributed by atoms with van der Waals surface area (Å²) in [6, 6.07) is 8.75. The molecule has 1 saturated heterocycles. The molecule has 2 amide bonds. The number of hydrogen-bond acceptors (Lipinski definition) is 6. The molecule has 0 spiro atoms. The van der Waals surface area contributed by atoms with E-state index in [1.807, 2.05) is 19.1 Å². The molecular formula is C24H28N2O6. The molecular weight excluding hydrogens is 412 g/mol. The molecule has 2 N–H and O–H groups in total. The van der Waals surface area contributed by atoms with Crippen LogP contribution < -0.4 is 14.8 Å². The molecule has 0 radical (unpaired) electrons. The molecule has 32 heavy (non-hydrogen) atoms. The minimum absolute atomic E-state index is 0.0101. The molecule has 0 aliphatic carbocycles. The van der Waals surface area contributed by atoms with Gasteiger partial charge in [0.2, 0.25) is 5.91 Å². The number of aromatic hydroxyl groups is 1. The van der Waals surface area contributed by atoms with Crippen molar-refractivity contribution in [3.8, 4) is 17.2 Å². The second kappa shape index (κ2) is 9.08. The van der Waals surface area contributed by atoms with Crippen LogP contribution in [0.4, 0.5) is 0 Å². The smallest absolute Gasteiger partial charge is 0.251 e. The van der Waals surface area contributed by atoms with E-state index in [2.05, 4.69) is 5.32 Å². The highest BCUT2D eigenvalue weighted by Crippen LogP contribution is 2.43. The van der Waals surface area contributed by atoms with E-state index < -0.39 is 5.92 Å². The molecule has 0 bridgehead atoms. The van der Waals surface area contributed by atoms with Crippen LogP contribution in [0.25, 0.3) is 0 Å². The van der Waals surface area contributed by atoms with Crippen molar-refractivity contribution in [1.82, 2.24) is 10.2 Å². The highest BCUT2D eigenvalue weighted by molar-refractivity contribution is 5.98. The second-order valence-electron chi connectivity index (χ2n) is 8.14. The van der Waals surface area contributed by atoms with E-state index >= 15 is 0 Å². The molecule has 4 rings (SSSR count). The van der Waals surface area contributed by atoms with Crippen molar-refractivity contribution in [2.24, 2.45) is 0 Å². The summed E-state index contributed by atoms with van der Waals surface area (Å²) in [5.41, 5.74) is 2.84. The fraction of sp³-hybridized carbons (Fsp3) is 0.417. The van der Waals surface area contributed by atoms with Crippen molar-refractivity contribution >= 4 is 11.8 Å². The Kier molecular flexibility index (Phi) is 6.23. The van der Waals surface area contributed by atoms with Crippen molar-refractivity contribution < 1.29 is 28.9 Å². The first-order valence-corrected chi connectivity index (χ1v) is 10.7. The lowest BCUT2D eigenvalue weighted by atomic mass is 9.85. The molecule has 0 aromatic heterocycles. The van der Waals surface area contributed by atoms with Gasteiger partial charge in [-0.2, -0.15) is 0 Å². The number of morpholine rings is 1. The van der Waals surface area contributed by atoms with Gasteiger partial charge >= 0.3 is 0 Å². The van der Waals surface area contributed by atoms with Crippen LogP contribution in [0.2, 0.25) is 0 Å². The third-order valence-electron chi connectivity index (χ3n) is 6.09. The average Bonchev–Trinajstić information content (AvgIpc) is 3.17. The molecule has 8 nitrogen and oxygen atoms in total. The highest BCUT2D eigenvalue weighted by atomic mass is 16.5. The minimum atomic E-state index is -0.470. The number of phenols is 1. The van der Waals surface area contributed by atoms with Crippen molar-refractivity contribution in [1.29, 1.82) is 0 Å². The van der Waals surface area contributed by atoms with Gasteiger partial charge in [0.05, 0.1) is 26.9 Å². The Bertz CT molecular complexity index is 1040. The number of ether oxygens (including phenoxy) is 3. The Labute approximate surface area is 187 Å². The van der Waals surface area contributed by atoms with E-state index in [9.17, 15) is 14.7 Å². The molecule has 1 fully saturated rings. The van der Waals surface area contributed by atoms with Crippen LogP contribution in [-0.2, 0) is 16.1 Å². The van der Waals surface area contributed by atoms with Crippen LogP contribution in [0, 0.1) is 0 Å². The number of fused-ring (bicyclic) bond motifs is 1. The van der Waals surface area contributed by atoms with Gasteiger partial charge < -0.3 is 29.5 Å². The van der Waals surface area contributed by atoms with E-state index in [0.717, 1.165) is 11.1 Å². The van der Waals surface area contributed by atoms with Crippen molar-refractivity contribution in [2.45, 2.75) is 31.9 Å². The molecule has 2 aromatic rings. The fourth-order valence-corrected chi connectivity index (χ4v) is 4.43. The van der Waals surface area contributed by atoms with Gasteiger partial charge in [-0.15, -0.1) is 0 Å². The van der Waals surface area contributed by atoms with Gasteiger partial charge in [0.25, 0.3) is 5.91 Å². The summed E-state index contributed by atoms with van der Waals surface area (Å²) in [6.07, 6.45) is 0.121. The number of methoxy groups -OCH3 is 2. The zero-order valence-corrected chi connectivity index (χ0v) is 18.5. The number of carbonyl (C=O) groups excluding carboxylic acids is 2. The van der Waals surface area contributed by atoms with Gasteiger partial charge in [-0.3, -0.25) is 9.59 Å². The van der Waals surface area contributed by atoms with Gasteiger partial charge in [-0.25, -0.2) is 0 Å². The first kappa shape index (κ1) is 22.0. The largest absolute Gasteiger partial charge is 0.507 e. The topological polar surface area (TPSA) is 97.3 Å². The Hall–Kier alpha value is -3.26. The fourth-order valence-electron chi connectivity index (χ4n) is 4.43. The predicted octanol–water partition coefficient (Wildman–Crippen LogP) is 2.42. The monoisotopic (exact) mass is 440 g/mol. The first-order valence-electron chi connectivity index (χ1n) is 10.7. The molecule has 0 saturated carbocycles. The summed E-state index contributed by atoms with van der Waals surface area (Å²) in [5.74, 6) is 0.277. The lowest BCUT2D eigenvalue weighted by Crippen LogP contribution is -2.44. The standard InChI is InChI=1S/C24H28N2O6/c1-14-13-26(6-7-32-14)22(28)11-19(15-4-5-18-16(8-15)12-25-24(18)29)23-20(27)9-17(30-2)10-21(23)31-3/h4-5,8-10,14,19,27H,6-7,11-13H2,1-3H3,(H,25,29)/t14-,19+/m0/s1. The van der Waals surface area contributed by atoms with Crippen molar-refractivity contribution in [3.63, 3.8) is 0 Å².